The summed E-state index contributed by atoms with van der Waals surface area (Å²) < 4.78 is 10.2. The highest BCUT2D eigenvalue weighted by Crippen LogP contribution is 2.19. The molecule has 5 nitrogen and oxygen atoms in total. The van der Waals surface area contributed by atoms with Crippen LogP contribution in [0.15, 0.2) is 12.3 Å². The van der Waals surface area contributed by atoms with Gasteiger partial charge in [0.2, 0.25) is 5.88 Å². The van der Waals surface area contributed by atoms with Gasteiger partial charge in [-0.15, -0.1) is 0 Å². The fraction of sp³-hybridized carbons (Fsp3) is 0.538. The zero-order valence-corrected chi connectivity index (χ0v) is 10.9. The summed E-state index contributed by atoms with van der Waals surface area (Å²) in [6.07, 6.45) is 5.88. The lowest BCUT2D eigenvalue weighted by atomic mass is 10.2. The normalized spacial score (nSPS) is 10.1. The van der Waals surface area contributed by atoms with Gasteiger partial charge >= 0.3 is 5.97 Å². The van der Waals surface area contributed by atoms with E-state index in [0.717, 1.165) is 12.8 Å². The number of anilines is 1. The lowest BCUT2D eigenvalue weighted by molar-refractivity contribution is 0.0595. The largest absolute Gasteiger partial charge is 0.477 e. The Morgan fingerprint density at radius 1 is 1.39 bits per heavy atom. The molecule has 0 aliphatic rings. The molecule has 18 heavy (non-hydrogen) atoms. The van der Waals surface area contributed by atoms with Crippen molar-refractivity contribution in [1.82, 2.24) is 4.98 Å². The van der Waals surface area contributed by atoms with Crippen LogP contribution in [0.1, 0.15) is 43.0 Å². The first-order chi connectivity index (χ1) is 8.69. The fourth-order valence-electron chi connectivity index (χ4n) is 1.54. The molecule has 0 atom stereocenters. The van der Waals surface area contributed by atoms with Crippen molar-refractivity contribution in [3.8, 4) is 5.88 Å². The number of aromatic nitrogens is 1. The number of nitrogen functional groups attached to an aromatic ring is 1. The number of carbonyl (C=O) groups is 1. The molecule has 1 aromatic heterocycles. The summed E-state index contributed by atoms with van der Waals surface area (Å²) in [5.74, 6) is -0.203. The predicted molar refractivity (Wildman–Crippen MR) is 69.6 cm³/mol. The number of methoxy groups -OCH3 is 1. The minimum Gasteiger partial charge on any atom is -0.477 e. The lowest BCUT2D eigenvalue weighted by Gasteiger charge is -2.09. The Bertz CT molecular complexity index is 394. The van der Waals surface area contributed by atoms with E-state index in [1.165, 1.54) is 32.2 Å². The van der Waals surface area contributed by atoms with E-state index in [4.69, 9.17) is 10.5 Å². The number of nitrogens with zero attached hydrogens (tertiary/aromatic N) is 1. The summed E-state index contributed by atoms with van der Waals surface area (Å²) >= 11 is 0. The maximum absolute atomic E-state index is 11.5. The highest BCUT2D eigenvalue weighted by Gasteiger charge is 2.14. The number of ether oxygens (including phenoxy) is 2. The van der Waals surface area contributed by atoms with Crippen LogP contribution in [-0.2, 0) is 4.74 Å². The molecule has 0 amide bonds. The standard InChI is InChI=1S/C13H20N2O3/c1-3-4-5-6-7-18-12-11(13(16)17-2)8-10(14)9-15-12/h8-9H,3-7,14H2,1-2H3. The molecule has 0 fully saturated rings. The maximum Gasteiger partial charge on any atom is 0.343 e. The van der Waals surface area contributed by atoms with Crippen LogP contribution in [0.2, 0.25) is 0 Å². The predicted octanol–water partition coefficient (Wildman–Crippen LogP) is 2.41. The van der Waals surface area contributed by atoms with Gasteiger partial charge in [-0.25, -0.2) is 9.78 Å². The summed E-state index contributed by atoms with van der Waals surface area (Å²) in [5, 5.41) is 0. The van der Waals surface area contributed by atoms with E-state index >= 15 is 0 Å². The van der Waals surface area contributed by atoms with E-state index in [-0.39, 0.29) is 11.4 Å². The summed E-state index contributed by atoms with van der Waals surface area (Å²) in [4.78, 5) is 15.5. The van der Waals surface area contributed by atoms with Gasteiger partial charge in [-0.3, -0.25) is 0 Å². The number of carbonyl (C=O) groups excluding carboxylic acids is 1. The number of nitrogens with two attached hydrogens (primary N) is 1. The fourth-order valence-corrected chi connectivity index (χ4v) is 1.54. The minimum atomic E-state index is -0.488. The van der Waals surface area contributed by atoms with Gasteiger partial charge in [-0.2, -0.15) is 0 Å². The van der Waals surface area contributed by atoms with Crippen LogP contribution in [0.3, 0.4) is 0 Å². The van der Waals surface area contributed by atoms with Crippen LogP contribution in [0.25, 0.3) is 0 Å². The molecule has 1 rings (SSSR count). The molecule has 0 bridgehead atoms. The molecule has 2 N–H and O–H groups in total. The highest BCUT2D eigenvalue weighted by atomic mass is 16.5. The Labute approximate surface area is 107 Å². The number of rotatable bonds is 7. The molecule has 0 aromatic carbocycles. The van der Waals surface area contributed by atoms with Gasteiger partial charge in [0.05, 0.1) is 25.6 Å². The maximum atomic E-state index is 11.5. The van der Waals surface area contributed by atoms with Crippen LogP contribution in [0.4, 0.5) is 5.69 Å². The number of hydrogen-bond donors (Lipinski definition) is 1. The van der Waals surface area contributed by atoms with Crippen LogP contribution in [-0.4, -0.2) is 24.7 Å². The van der Waals surface area contributed by atoms with Crippen molar-refractivity contribution in [3.05, 3.63) is 17.8 Å². The molecule has 1 heterocycles. The SMILES string of the molecule is CCCCCCOc1ncc(N)cc1C(=O)OC. The molecular weight excluding hydrogens is 232 g/mol. The Morgan fingerprint density at radius 2 is 2.17 bits per heavy atom. The van der Waals surface area contributed by atoms with Gasteiger partial charge in [0.15, 0.2) is 0 Å². The molecule has 5 heteroatoms. The number of unbranched alkanes of at least 4 members (excludes halogenated alkanes) is 3. The average molecular weight is 252 g/mol. The Morgan fingerprint density at radius 3 is 2.83 bits per heavy atom. The van der Waals surface area contributed by atoms with E-state index < -0.39 is 5.97 Å². The van der Waals surface area contributed by atoms with Crippen LogP contribution >= 0.6 is 0 Å². The van der Waals surface area contributed by atoms with Gasteiger partial charge in [-0.05, 0) is 12.5 Å². The Balaban J connectivity index is 2.61. The highest BCUT2D eigenvalue weighted by molar-refractivity contribution is 5.92. The van der Waals surface area contributed by atoms with E-state index in [2.05, 4.69) is 16.6 Å². The third-order valence-corrected chi connectivity index (χ3v) is 2.51. The minimum absolute atomic E-state index is 0.271. The van der Waals surface area contributed by atoms with E-state index in [0.29, 0.717) is 12.3 Å². The van der Waals surface area contributed by atoms with Crippen LogP contribution in [0, 0.1) is 0 Å². The first kappa shape index (κ1) is 14.3. The molecule has 0 saturated heterocycles. The molecule has 0 radical (unpaired) electrons. The third kappa shape index (κ3) is 4.24. The second-order valence-corrected chi connectivity index (χ2v) is 4.02. The molecule has 0 unspecified atom stereocenters. The lowest BCUT2D eigenvalue weighted by Crippen LogP contribution is -2.09. The van der Waals surface area contributed by atoms with Crippen molar-refractivity contribution in [2.24, 2.45) is 0 Å². The summed E-state index contributed by atoms with van der Waals surface area (Å²) in [7, 11) is 1.32. The number of esters is 1. The van der Waals surface area contributed by atoms with E-state index in [1.807, 2.05) is 0 Å². The molecule has 0 aliphatic heterocycles. The van der Waals surface area contributed by atoms with Gasteiger partial charge in [0, 0.05) is 0 Å². The molecule has 1 aromatic rings. The third-order valence-electron chi connectivity index (χ3n) is 2.51. The van der Waals surface area contributed by atoms with Gasteiger partial charge in [-0.1, -0.05) is 26.2 Å². The molecular formula is C13H20N2O3. The summed E-state index contributed by atoms with van der Waals surface area (Å²) in [6.45, 7) is 2.69. The van der Waals surface area contributed by atoms with Crippen molar-refractivity contribution in [2.45, 2.75) is 32.6 Å². The smallest absolute Gasteiger partial charge is 0.343 e. The quantitative estimate of drug-likeness (QED) is 0.595. The number of hydrogen-bond acceptors (Lipinski definition) is 5. The molecule has 0 saturated carbocycles. The molecule has 0 spiro atoms. The van der Waals surface area contributed by atoms with E-state index in [1.54, 1.807) is 0 Å². The zero-order chi connectivity index (χ0) is 13.4. The summed E-state index contributed by atoms with van der Waals surface area (Å²) in [6, 6.07) is 1.51. The van der Waals surface area contributed by atoms with Crippen LogP contribution < -0.4 is 10.5 Å². The van der Waals surface area contributed by atoms with Crippen molar-refractivity contribution in [2.75, 3.05) is 19.5 Å². The van der Waals surface area contributed by atoms with Gasteiger partial charge in [0.25, 0.3) is 0 Å². The van der Waals surface area contributed by atoms with Crippen molar-refractivity contribution in [1.29, 1.82) is 0 Å². The van der Waals surface area contributed by atoms with Gasteiger partial charge < -0.3 is 15.2 Å². The Kier molecular flexibility index (Phi) is 5.97. The molecule has 0 aliphatic carbocycles. The monoisotopic (exact) mass is 252 g/mol. The first-order valence-corrected chi connectivity index (χ1v) is 6.15. The second kappa shape index (κ2) is 7.53. The second-order valence-electron chi connectivity index (χ2n) is 4.02. The average Bonchev–Trinajstić information content (AvgIpc) is 2.39. The number of pyridine rings is 1. The van der Waals surface area contributed by atoms with Crippen molar-refractivity contribution >= 4 is 11.7 Å². The van der Waals surface area contributed by atoms with Crippen molar-refractivity contribution in [3.63, 3.8) is 0 Å². The van der Waals surface area contributed by atoms with Crippen LogP contribution in [0.5, 0.6) is 5.88 Å². The van der Waals surface area contributed by atoms with Gasteiger partial charge in [0.1, 0.15) is 5.56 Å². The van der Waals surface area contributed by atoms with Crippen molar-refractivity contribution < 1.29 is 14.3 Å². The topological polar surface area (TPSA) is 74.4 Å². The first-order valence-electron chi connectivity index (χ1n) is 6.15. The van der Waals surface area contributed by atoms with E-state index in [9.17, 15) is 4.79 Å². The summed E-state index contributed by atoms with van der Waals surface area (Å²) in [5.41, 5.74) is 6.27. The zero-order valence-electron chi connectivity index (χ0n) is 10.9. The Hall–Kier alpha value is -1.78. The molecule has 100 valence electrons.